The van der Waals surface area contributed by atoms with Gasteiger partial charge in [-0.15, -0.1) is 0 Å². The standard InChI is InChI=1S/C25H26N2O5/c1-28-18-8-6-16-11-20(15-7-9-22(29-2)19(26)10-15)27(21(16)14-18)17-12-23(30-3)25(32-5)24(13-17)31-4/h6-14H,26H2,1-5H3. The number of methoxy groups -OCH3 is 5. The lowest BCUT2D eigenvalue weighted by atomic mass is 10.1. The van der Waals surface area contributed by atoms with Crippen molar-refractivity contribution in [1.29, 1.82) is 0 Å². The van der Waals surface area contributed by atoms with E-state index < -0.39 is 0 Å². The summed E-state index contributed by atoms with van der Waals surface area (Å²) in [5.74, 6) is 3.04. The SMILES string of the molecule is COc1ccc2cc(-c3ccc(OC)c(N)c3)n(-c3cc(OC)c(OC)c(OC)c3)c2c1. The zero-order valence-corrected chi connectivity index (χ0v) is 18.8. The summed E-state index contributed by atoms with van der Waals surface area (Å²) in [7, 11) is 8.04. The highest BCUT2D eigenvalue weighted by molar-refractivity contribution is 5.91. The van der Waals surface area contributed by atoms with Crippen LogP contribution in [0.4, 0.5) is 5.69 Å². The van der Waals surface area contributed by atoms with Crippen molar-refractivity contribution in [3.8, 4) is 45.7 Å². The van der Waals surface area contributed by atoms with Crippen LogP contribution in [0, 0.1) is 0 Å². The Bertz CT molecular complexity index is 1250. The van der Waals surface area contributed by atoms with Gasteiger partial charge in [-0.3, -0.25) is 0 Å². The minimum atomic E-state index is 0.531. The van der Waals surface area contributed by atoms with E-state index in [-0.39, 0.29) is 0 Å². The van der Waals surface area contributed by atoms with Crippen molar-refractivity contribution in [3.63, 3.8) is 0 Å². The Kier molecular flexibility index (Phi) is 5.73. The zero-order chi connectivity index (χ0) is 22.8. The predicted molar refractivity (Wildman–Crippen MR) is 126 cm³/mol. The molecule has 166 valence electrons. The van der Waals surface area contributed by atoms with E-state index in [1.54, 1.807) is 35.5 Å². The summed E-state index contributed by atoms with van der Waals surface area (Å²) in [6.45, 7) is 0. The van der Waals surface area contributed by atoms with Crippen molar-refractivity contribution in [1.82, 2.24) is 4.57 Å². The number of hydrogen-bond donors (Lipinski definition) is 1. The van der Waals surface area contributed by atoms with Crippen LogP contribution < -0.4 is 29.4 Å². The maximum atomic E-state index is 6.22. The smallest absolute Gasteiger partial charge is 0.203 e. The molecule has 3 aromatic carbocycles. The molecule has 0 atom stereocenters. The van der Waals surface area contributed by atoms with E-state index in [1.807, 2.05) is 48.5 Å². The number of nitrogens with two attached hydrogens (primary N) is 1. The Hall–Kier alpha value is -4.00. The predicted octanol–water partition coefficient (Wildman–Crippen LogP) is 4.92. The number of benzene rings is 3. The Morgan fingerprint density at radius 3 is 1.91 bits per heavy atom. The van der Waals surface area contributed by atoms with Gasteiger partial charge >= 0.3 is 0 Å². The van der Waals surface area contributed by atoms with Gasteiger partial charge in [0.15, 0.2) is 11.5 Å². The highest BCUT2D eigenvalue weighted by Gasteiger charge is 2.19. The molecule has 0 amide bonds. The van der Waals surface area contributed by atoms with Crippen LogP contribution in [0.2, 0.25) is 0 Å². The van der Waals surface area contributed by atoms with Gasteiger partial charge in [-0.05, 0) is 36.4 Å². The number of rotatable bonds is 7. The molecule has 0 aliphatic heterocycles. The maximum Gasteiger partial charge on any atom is 0.203 e. The summed E-state index contributed by atoms with van der Waals surface area (Å²) < 4.78 is 29.6. The first-order chi connectivity index (χ1) is 15.5. The van der Waals surface area contributed by atoms with Gasteiger partial charge in [0.2, 0.25) is 5.75 Å². The summed E-state index contributed by atoms with van der Waals surface area (Å²) in [4.78, 5) is 0. The Morgan fingerprint density at radius 1 is 0.656 bits per heavy atom. The first-order valence-electron chi connectivity index (χ1n) is 9.98. The molecule has 0 spiro atoms. The van der Waals surface area contributed by atoms with Gasteiger partial charge in [-0.2, -0.15) is 0 Å². The lowest BCUT2D eigenvalue weighted by Crippen LogP contribution is -2.02. The van der Waals surface area contributed by atoms with E-state index in [9.17, 15) is 0 Å². The van der Waals surface area contributed by atoms with Crippen LogP contribution in [-0.2, 0) is 0 Å². The molecule has 32 heavy (non-hydrogen) atoms. The summed E-state index contributed by atoms with van der Waals surface area (Å²) in [5.41, 5.74) is 10.5. The summed E-state index contributed by atoms with van der Waals surface area (Å²) in [5, 5.41) is 1.05. The van der Waals surface area contributed by atoms with Gasteiger partial charge in [0.05, 0.1) is 58.1 Å². The highest BCUT2D eigenvalue weighted by Crippen LogP contribution is 2.42. The normalized spacial score (nSPS) is 10.8. The lowest BCUT2D eigenvalue weighted by Gasteiger charge is -2.17. The molecule has 4 aromatic rings. The van der Waals surface area contributed by atoms with Crippen molar-refractivity contribution in [3.05, 3.63) is 54.6 Å². The van der Waals surface area contributed by atoms with E-state index in [0.29, 0.717) is 28.7 Å². The maximum absolute atomic E-state index is 6.22. The van der Waals surface area contributed by atoms with Crippen molar-refractivity contribution in [2.24, 2.45) is 0 Å². The molecule has 0 saturated heterocycles. The molecular weight excluding hydrogens is 408 g/mol. The van der Waals surface area contributed by atoms with Crippen LogP contribution in [0.15, 0.2) is 54.6 Å². The fraction of sp³-hybridized carbons (Fsp3) is 0.200. The van der Waals surface area contributed by atoms with E-state index in [4.69, 9.17) is 29.4 Å². The number of anilines is 1. The Balaban J connectivity index is 2.05. The minimum absolute atomic E-state index is 0.531. The third-order valence-electron chi connectivity index (χ3n) is 5.44. The molecule has 7 heteroatoms. The number of ether oxygens (including phenoxy) is 5. The average Bonchev–Trinajstić information content (AvgIpc) is 3.21. The second-order valence-electron chi connectivity index (χ2n) is 7.13. The largest absolute Gasteiger partial charge is 0.497 e. The topological polar surface area (TPSA) is 77.1 Å². The number of nitrogen functional groups attached to an aromatic ring is 1. The molecule has 2 N–H and O–H groups in total. The first kappa shape index (κ1) is 21.2. The van der Waals surface area contributed by atoms with Crippen LogP contribution in [0.3, 0.4) is 0 Å². The molecule has 7 nitrogen and oxygen atoms in total. The summed E-state index contributed by atoms with van der Waals surface area (Å²) in [6.07, 6.45) is 0. The second kappa shape index (κ2) is 8.63. The van der Waals surface area contributed by atoms with Crippen LogP contribution in [0.25, 0.3) is 27.8 Å². The third kappa shape index (κ3) is 3.51. The Labute approximate surface area is 186 Å². The Morgan fingerprint density at radius 2 is 1.34 bits per heavy atom. The monoisotopic (exact) mass is 434 g/mol. The molecule has 0 bridgehead atoms. The molecule has 0 radical (unpaired) electrons. The number of fused-ring (bicyclic) bond motifs is 1. The van der Waals surface area contributed by atoms with E-state index in [1.165, 1.54) is 0 Å². The molecule has 0 saturated carbocycles. The number of nitrogens with zero attached hydrogens (tertiary/aromatic N) is 1. The second-order valence-corrected chi connectivity index (χ2v) is 7.13. The van der Waals surface area contributed by atoms with Crippen molar-refractivity contribution in [2.45, 2.75) is 0 Å². The van der Waals surface area contributed by atoms with Gasteiger partial charge < -0.3 is 34.0 Å². The van der Waals surface area contributed by atoms with Crippen LogP contribution in [-0.4, -0.2) is 40.1 Å². The minimum Gasteiger partial charge on any atom is -0.497 e. The zero-order valence-electron chi connectivity index (χ0n) is 18.8. The average molecular weight is 434 g/mol. The van der Waals surface area contributed by atoms with E-state index in [0.717, 1.165) is 33.6 Å². The molecule has 1 heterocycles. The summed E-state index contributed by atoms with van der Waals surface area (Å²) in [6, 6.07) is 17.6. The van der Waals surface area contributed by atoms with Gasteiger partial charge in [-0.25, -0.2) is 0 Å². The number of hydrogen-bond acceptors (Lipinski definition) is 6. The molecule has 0 unspecified atom stereocenters. The van der Waals surface area contributed by atoms with Crippen molar-refractivity contribution in [2.75, 3.05) is 41.3 Å². The van der Waals surface area contributed by atoms with Gasteiger partial charge in [0.1, 0.15) is 11.5 Å². The molecule has 0 aliphatic rings. The molecule has 0 aliphatic carbocycles. The molecule has 4 rings (SSSR count). The van der Waals surface area contributed by atoms with Crippen LogP contribution in [0.1, 0.15) is 0 Å². The quantitative estimate of drug-likeness (QED) is 0.416. The third-order valence-corrected chi connectivity index (χ3v) is 5.44. The molecular formula is C25H26N2O5. The van der Waals surface area contributed by atoms with Gasteiger partial charge in [0, 0.05) is 29.1 Å². The fourth-order valence-electron chi connectivity index (χ4n) is 3.89. The highest BCUT2D eigenvalue weighted by atomic mass is 16.5. The van der Waals surface area contributed by atoms with Gasteiger partial charge in [-0.1, -0.05) is 0 Å². The molecule has 1 aromatic heterocycles. The fourth-order valence-corrected chi connectivity index (χ4v) is 3.89. The molecule has 0 fully saturated rings. The van der Waals surface area contributed by atoms with Gasteiger partial charge in [0.25, 0.3) is 0 Å². The lowest BCUT2D eigenvalue weighted by molar-refractivity contribution is 0.324. The van der Waals surface area contributed by atoms with Crippen molar-refractivity contribution >= 4 is 16.6 Å². The van der Waals surface area contributed by atoms with E-state index in [2.05, 4.69) is 10.6 Å². The summed E-state index contributed by atoms with van der Waals surface area (Å²) >= 11 is 0. The number of aromatic nitrogens is 1. The first-order valence-corrected chi connectivity index (χ1v) is 9.98. The van der Waals surface area contributed by atoms with Crippen LogP contribution >= 0.6 is 0 Å². The van der Waals surface area contributed by atoms with E-state index >= 15 is 0 Å². The van der Waals surface area contributed by atoms with Crippen LogP contribution in [0.5, 0.6) is 28.7 Å². The van der Waals surface area contributed by atoms with Crippen molar-refractivity contribution < 1.29 is 23.7 Å².